The standard InChI is InChI=1S/C16H20FNO4S/c1-22-13-4-2-11(10-12(13)17)3-5-14(19)18-16(15(20)21)6-8-23-9-7-16/h2,4,10H,3,5-9H2,1H3,(H,18,19)(H,20,21). The van der Waals surface area contributed by atoms with Crippen LogP contribution < -0.4 is 10.1 Å². The van der Waals surface area contributed by atoms with Gasteiger partial charge in [0.05, 0.1) is 7.11 Å². The van der Waals surface area contributed by atoms with Gasteiger partial charge in [0.15, 0.2) is 11.6 Å². The molecule has 0 aliphatic carbocycles. The van der Waals surface area contributed by atoms with E-state index >= 15 is 0 Å². The first-order valence-electron chi connectivity index (χ1n) is 7.41. The molecule has 5 nitrogen and oxygen atoms in total. The average Bonchev–Trinajstić information content (AvgIpc) is 2.54. The summed E-state index contributed by atoms with van der Waals surface area (Å²) in [5, 5.41) is 12.1. The van der Waals surface area contributed by atoms with Crippen LogP contribution in [-0.2, 0) is 16.0 Å². The quantitative estimate of drug-likeness (QED) is 0.830. The molecule has 1 fully saturated rings. The summed E-state index contributed by atoms with van der Waals surface area (Å²) >= 11 is 1.69. The monoisotopic (exact) mass is 341 g/mol. The molecule has 1 aromatic carbocycles. The van der Waals surface area contributed by atoms with E-state index in [0.29, 0.717) is 24.8 Å². The van der Waals surface area contributed by atoms with Crippen LogP contribution in [0.3, 0.4) is 0 Å². The summed E-state index contributed by atoms with van der Waals surface area (Å²) in [7, 11) is 1.39. The van der Waals surface area contributed by atoms with Crippen molar-refractivity contribution in [1.29, 1.82) is 0 Å². The van der Waals surface area contributed by atoms with Gasteiger partial charge in [-0.2, -0.15) is 11.8 Å². The van der Waals surface area contributed by atoms with Gasteiger partial charge in [-0.3, -0.25) is 4.79 Å². The smallest absolute Gasteiger partial charge is 0.329 e. The van der Waals surface area contributed by atoms with E-state index in [1.54, 1.807) is 17.8 Å². The second kappa shape index (κ2) is 7.68. The molecule has 0 spiro atoms. The summed E-state index contributed by atoms with van der Waals surface area (Å²) in [6, 6.07) is 4.54. The van der Waals surface area contributed by atoms with Crippen molar-refractivity contribution in [2.24, 2.45) is 0 Å². The number of carboxylic acid groups (broad SMARTS) is 1. The van der Waals surface area contributed by atoms with Gasteiger partial charge >= 0.3 is 5.97 Å². The van der Waals surface area contributed by atoms with E-state index in [0.717, 1.165) is 11.5 Å². The normalized spacial score (nSPS) is 16.6. The molecule has 0 unspecified atom stereocenters. The van der Waals surface area contributed by atoms with Gasteiger partial charge in [-0.15, -0.1) is 0 Å². The first-order valence-corrected chi connectivity index (χ1v) is 8.57. The predicted octanol–water partition coefficient (Wildman–Crippen LogP) is 2.23. The molecular weight excluding hydrogens is 321 g/mol. The molecule has 2 N–H and O–H groups in total. The lowest BCUT2D eigenvalue weighted by molar-refractivity contribution is -0.148. The molecule has 1 heterocycles. The number of carbonyl (C=O) groups excluding carboxylic acids is 1. The summed E-state index contributed by atoms with van der Waals surface area (Å²) in [5.74, 6) is -0.191. The van der Waals surface area contributed by atoms with Gasteiger partial charge in [-0.25, -0.2) is 9.18 Å². The molecule has 0 atom stereocenters. The molecule has 1 saturated heterocycles. The number of hydrogen-bond donors (Lipinski definition) is 2. The average molecular weight is 341 g/mol. The van der Waals surface area contributed by atoms with Gasteiger partial charge in [0.25, 0.3) is 0 Å². The van der Waals surface area contributed by atoms with Crippen LogP contribution in [0.2, 0.25) is 0 Å². The number of hydrogen-bond acceptors (Lipinski definition) is 4. The highest BCUT2D eigenvalue weighted by molar-refractivity contribution is 7.99. The van der Waals surface area contributed by atoms with Gasteiger partial charge in [0, 0.05) is 6.42 Å². The maximum Gasteiger partial charge on any atom is 0.329 e. The van der Waals surface area contributed by atoms with Crippen molar-refractivity contribution in [2.75, 3.05) is 18.6 Å². The fraction of sp³-hybridized carbons (Fsp3) is 0.500. The van der Waals surface area contributed by atoms with Crippen LogP contribution in [0.5, 0.6) is 5.75 Å². The summed E-state index contributed by atoms with van der Waals surface area (Å²) in [6.45, 7) is 0. The number of rotatable bonds is 6. The number of halogens is 1. The molecule has 1 aliphatic heterocycles. The van der Waals surface area contributed by atoms with E-state index in [2.05, 4.69) is 5.32 Å². The minimum Gasteiger partial charge on any atom is -0.494 e. The van der Waals surface area contributed by atoms with Gasteiger partial charge in [-0.05, 0) is 48.5 Å². The third-order valence-corrected chi connectivity index (χ3v) is 4.98. The van der Waals surface area contributed by atoms with Crippen molar-refractivity contribution >= 4 is 23.6 Å². The molecule has 126 valence electrons. The second-order valence-corrected chi connectivity index (χ2v) is 6.74. The van der Waals surface area contributed by atoms with E-state index in [9.17, 15) is 19.1 Å². The number of aliphatic carboxylic acids is 1. The van der Waals surface area contributed by atoms with E-state index < -0.39 is 17.3 Å². The fourth-order valence-electron chi connectivity index (χ4n) is 2.56. The van der Waals surface area contributed by atoms with Crippen molar-refractivity contribution in [3.05, 3.63) is 29.6 Å². The first kappa shape index (κ1) is 17.6. The molecule has 0 bridgehead atoms. The van der Waals surface area contributed by atoms with Gasteiger partial charge in [-0.1, -0.05) is 6.07 Å². The van der Waals surface area contributed by atoms with E-state index in [1.807, 2.05) is 0 Å². The minimum absolute atomic E-state index is 0.119. The highest BCUT2D eigenvalue weighted by Gasteiger charge is 2.41. The van der Waals surface area contributed by atoms with Gasteiger partial charge in [0.1, 0.15) is 5.54 Å². The Morgan fingerprint density at radius 2 is 2.09 bits per heavy atom. The Balaban J connectivity index is 1.94. The Hall–Kier alpha value is -1.76. The van der Waals surface area contributed by atoms with Crippen LogP contribution in [0.25, 0.3) is 0 Å². The lowest BCUT2D eigenvalue weighted by Gasteiger charge is -2.33. The Morgan fingerprint density at radius 1 is 1.39 bits per heavy atom. The van der Waals surface area contributed by atoms with Crippen LogP contribution in [0.15, 0.2) is 18.2 Å². The number of carbonyl (C=O) groups is 2. The van der Waals surface area contributed by atoms with Gasteiger partial charge in [0.2, 0.25) is 5.91 Å². The summed E-state index contributed by atoms with van der Waals surface area (Å²) < 4.78 is 18.5. The number of ether oxygens (including phenoxy) is 1. The van der Waals surface area contributed by atoms with E-state index in [1.165, 1.54) is 19.2 Å². The van der Waals surface area contributed by atoms with Crippen molar-refractivity contribution in [2.45, 2.75) is 31.2 Å². The minimum atomic E-state index is -1.16. The largest absolute Gasteiger partial charge is 0.494 e. The molecule has 1 amide bonds. The summed E-state index contributed by atoms with van der Waals surface area (Å²) in [5.41, 5.74) is -0.491. The van der Waals surface area contributed by atoms with Crippen molar-refractivity contribution in [3.8, 4) is 5.75 Å². The molecule has 0 saturated carbocycles. The van der Waals surface area contributed by atoms with Crippen molar-refractivity contribution < 1.29 is 23.8 Å². The van der Waals surface area contributed by atoms with Crippen LogP contribution in [0.1, 0.15) is 24.8 Å². The first-order chi connectivity index (χ1) is 11.0. The molecule has 1 aliphatic rings. The summed E-state index contributed by atoms with van der Waals surface area (Å²) in [6.07, 6.45) is 1.32. The third kappa shape index (κ3) is 4.37. The second-order valence-electron chi connectivity index (χ2n) is 5.52. The highest BCUT2D eigenvalue weighted by atomic mass is 32.2. The van der Waals surface area contributed by atoms with E-state index in [-0.39, 0.29) is 18.1 Å². The zero-order valence-corrected chi connectivity index (χ0v) is 13.7. The molecule has 23 heavy (non-hydrogen) atoms. The molecule has 7 heteroatoms. The number of nitrogens with one attached hydrogen (secondary N) is 1. The number of aryl methyl sites for hydroxylation is 1. The lowest BCUT2D eigenvalue weighted by Crippen LogP contribution is -2.56. The Morgan fingerprint density at radius 3 is 2.65 bits per heavy atom. The molecule has 1 aromatic rings. The van der Waals surface area contributed by atoms with Crippen LogP contribution in [-0.4, -0.2) is 41.1 Å². The summed E-state index contributed by atoms with van der Waals surface area (Å²) in [4.78, 5) is 23.6. The zero-order valence-electron chi connectivity index (χ0n) is 12.9. The number of amides is 1. The Bertz CT molecular complexity index is 587. The fourth-order valence-corrected chi connectivity index (χ4v) is 3.75. The predicted molar refractivity (Wildman–Crippen MR) is 86.3 cm³/mol. The lowest BCUT2D eigenvalue weighted by atomic mass is 9.92. The van der Waals surface area contributed by atoms with Crippen LogP contribution in [0, 0.1) is 5.82 Å². The van der Waals surface area contributed by atoms with Crippen molar-refractivity contribution in [1.82, 2.24) is 5.32 Å². The van der Waals surface area contributed by atoms with E-state index in [4.69, 9.17) is 4.74 Å². The third-order valence-electron chi connectivity index (χ3n) is 3.99. The Kier molecular flexibility index (Phi) is 5.87. The Labute approximate surface area is 138 Å². The zero-order chi connectivity index (χ0) is 16.9. The number of benzene rings is 1. The van der Waals surface area contributed by atoms with Gasteiger partial charge < -0.3 is 15.2 Å². The van der Waals surface area contributed by atoms with Crippen LogP contribution in [0.4, 0.5) is 4.39 Å². The molecule has 0 radical (unpaired) electrons. The molecule has 0 aromatic heterocycles. The van der Waals surface area contributed by atoms with Crippen LogP contribution >= 0.6 is 11.8 Å². The number of carboxylic acids is 1. The van der Waals surface area contributed by atoms with Crippen molar-refractivity contribution in [3.63, 3.8) is 0 Å². The maximum atomic E-state index is 13.6. The number of methoxy groups -OCH3 is 1. The highest BCUT2D eigenvalue weighted by Crippen LogP contribution is 2.27. The SMILES string of the molecule is COc1ccc(CCC(=O)NC2(C(=O)O)CCSCC2)cc1F. The molecule has 2 rings (SSSR count). The topological polar surface area (TPSA) is 75.6 Å². The molecular formula is C16H20FNO4S. The number of thioether (sulfide) groups is 1. The maximum absolute atomic E-state index is 13.6.